The summed E-state index contributed by atoms with van der Waals surface area (Å²) < 4.78 is 1.03. The first-order valence-corrected chi connectivity index (χ1v) is 7.68. The predicted octanol–water partition coefficient (Wildman–Crippen LogP) is 3.07. The fourth-order valence-corrected chi connectivity index (χ4v) is 2.89. The molecule has 104 valence electrons. The fourth-order valence-electron chi connectivity index (χ4n) is 2.41. The van der Waals surface area contributed by atoms with Crippen LogP contribution in [0.15, 0.2) is 40.9 Å². The van der Waals surface area contributed by atoms with Crippen molar-refractivity contribution in [2.75, 3.05) is 18.4 Å². The third-order valence-electron chi connectivity index (χ3n) is 3.46. The van der Waals surface area contributed by atoms with Crippen molar-refractivity contribution < 1.29 is 0 Å². The third-order valence-corrected chi connectivity index (χ3v) is 4.15. The van der Waals surface area contributed by atoms with E-state index in [1.807, 2.05) is 36.4 Å². The summed E-state index contributed by atoms with van der Waals surface area (Å²) in [7, 11) is 0. The summed E-state index contributed by atoms with van der Waals surface area (Å²) in [4.78, 5) is 0. The van der Waals surface area contributed by atoms with Crippen molar-refractivity contribution in [3.8, 4) is 11.3 Å². The summed E-state index contributed by atoms with van der Waals surface area (Å²) in [5.74, 6) is 0.842. The molecule has 1 saturated heterocycles. The lowest BCUT2D eigenvalue weighted by atomic mass is 10.1. The normalized spacial score (nSPS) is 18.8. The first-order chi connectivity index (χ1) is 9.83. The van der Waals surface area contributed by atoms with Crippen LogP contribution in [0.25, 0.3) is 11.3 Å². The molecule has 0 radical (unpaired) electrons. The van der Waals surface area contributed by atoms with Crippen molar-refractivity contribution >= 4 is 21.7 Å². The number of benzene rings is 1. The molecule has 1 aromatic heterocycles. The second-order valence-electron chi connectivity index (χ2n) is 4.97. The van der Waals surface area contributed by atoms with E-state index in [0.717, 1.165) is 34.6 Å². The summed E-state index contributed by atoms with van der Waals surface area (Å²) in [6, 6.07) is 12.5. The Morgan fingerprint density at radius 2 is 2.05 bits per heavy atom. The Kier molecular flexibility index (Phi) is 4.28. The minimum atomic E-state index is 0.451. The molecule has 0 bridgehead atoms. The van der Waals surface area contributed by atoms with E-state index < -0.39 is 0 Å². The maximum absolute atomic E-state index is 4.31. The number of nitrogens with one attached hydrogen (secondary N) is 2. The van der Waals surface area contributed by atoms with Gasteiger partial charge in [0.25, 0.3) is 0 Å². The van der Waals surface area contributed by atoms with Crippen molar-refractivity contribution in [3.63, 3.8) is 0 Å². The average molecular weight is 333 g/mol. The lowest BCUT2D eigenvalue weighted by Gasteiger charge is -2.24. The molecule has 1 aromatic carbocycles. The summed E-state index contributed by atoms with van der Waals surface area (Å²) in [6.07, 6.45) is 2.39. The maximum Gasteiger partial charge on any atom is 0.148 e. The van der Waals surface area contributed by atoms with E-state index in [2.05, 4.69) is 36.8 Å². The topological polar surface area (TPSA) is 49.8 Å². The number of piperidine rings is 1. The molecule has 2 heterocycles. The number of halogens is 1. The van der Waals surface area contributed by atoms with E-state index >= 15 is 0 Å². The van der Waals surface area contributed by atoms with Gasteiger partial charge >= 0.3 is 0 Å². The van der Waals surface area contributed by atoms with Crippen LogP contribution in [0.4, 0.5) is 5.82 Å². The lowest BCUT2D eigenvalue weighted by molar-refractivity contribution is 0.478. The zero-order valence-corrected chi connectivity index (χ0v) is 12.7. The van der Waals surface area contributed by atoms with Gasteiger partial charge in [-0.1, -0.05) is 34.1 Å². The Labute approximate surface area is 127 Å². The largest absolute Gasteiger partial charge is 0.365 e. The molecule has 2 aromatic rings. The van der Waals surface area contributed by atoms with Crippen LogP contribution < -0.4 is 10.6 Å². The van der Waals surface area contributed by atoms with Crippen molar-refractivity contribution in [1.82, 2.24) is 15.5 Å². The summed E-state index contributed by atoms with van der Waals surface area (Å²) >= 11 is 3.54. The minimum Gasteiger partial charge on any atom is -0.365 e. The molecular formula is C15H17BrN4. The van der Waals surface area contributed by atoms with Crippen molar-refractivity contribution in [2.45, 2.75) is 18.9 Å². The Hall–Kier alpha value is -1.46. The van der Waals surface area contributed by atoms with Crippen LogP contribution in [0.2, 0.25) is 0 Å². The van der Waals surface area contributed by atoms with E-state index in [0.29, 0.717) is 6.04 Å². The van der Waals surface area contributed by atoms with Crippen molar-refractivity contribution in [2.24, 2.45) is 0 Å². The van der Waals surface area contributed by atoms with Gasteiger partial charge in [0, 0.05) is 22.6 Å². The van der Waals surface area contributed by atoms with E-state index in [9.17, 15) is 0 Å². The summed E-state index contributed by atoms with van der Waals surface area (Å²) in [6.45, 7) is 2.11. The van der Waals surface area contributed by atoms with E-state index in [-0.39, 0.29) is 0 Å². The molecule has 0 saturated carbocycles. The van der Waals surface area contributed by atoms with Crippen LogP contribution in [0, 0.1) is 0 Å². The highest BCUT2D eigenvalue weighted by atomic mass is 79.9. The van der Waals surface area contributed by atoms with Crippen LogP contribution in [0.1, 0.15) is 12.8 Å². The highest BCUT2D eigenvalue weighted by Crippen LogP contribution is 2.26. The van der Waals surface area contributed by atoms with Crippen LogP contribution in [0.5, 0.6) is 0 Å². The zero-order valence-electron chi connectivity index (χ0n) is 11.1. The SMILES string of the molecule is Brc1ccccc1-c1ccc(NC2CCCNC2)nn1. The molecular weight excluding hydrogens is 316 g/mol. The van der Waals surface area contributed by atoms with Crippen LogP contribution in [0.3, 0.4) is 0 Å². The molecule has 0 amide bonds. The Bertz CT molecular complexity index is 564. The molecule has 0 aliphatic carbocycles. The highest BCUT2D eigenvalue weighted by molar-refractivity contribution is 9.10. The first kappa shape index (κ1) is 13.5. The fraction of sp³-hybridized carbons (Fsp3) is 0.333. The van der Waals surface area contributed by atoms with E-state index in [1.54, 1.807) is 0 Å². The Morgan fingerprint density at radius 3 is 2.75 bits per heavy atom. The number of rotatable bonds is 3. The van der Waals surface area contributed by atoms with Gasteiger partial charge in [-0.05, 0) is 37.6 Å². The molecule has 1 atom stereocenters. The quantitative estimate of drug-likeness (QED) is 0.906. The first-order valence-electron chi connectivity index (χ1n) is 6.89. The van der Waals surface area contributed by atoms with Crippen LogP contribution >= 0.6 is 15.9 Å². The van der Waals surface area contributed by atoms with Gasteiger partial charge in [0.15, 0.2) is 0 Å². The number of hydrogen-bond donors (Lipinski definition) is 2. The van der Waals surface area contributed by atoms with Gasteiger partial charge in [0.1, 0.15) is 5.82 Å². The average Bonchev–Trinajstić information content (AvgIpc) is 2.50. The van der Waals surface area contributed by atoms with Gasteiger partial charge in [-0.3, -0.25) is 0 Å². The molecule has 1 aliphatic rings. The van der Waals surface area contributed by atoms with Gasteiger partial charge in [-0.2, -0.15) is 0 Å². The molecule has 3 rings (SSSR count). The Morgan fingerprint density at radius 1 is 1.15 bits per heavy atom. The van der Waals surface area contributed by atoms with E-state index in [1.165, 1.54) is 12.8 Å². The molecule has 5 heteroatoms. The molecule has 4 nitrogen and oxygen atoms in total. The van der Waals surface area contributed by atoms with E-state index in [4.69, 9.17) is 0 Å². The minimum absolute atomic E-state index is 0.451. The monoisotopic (exact) mass is 332 g/mol. The molecule has 0 spiro atoms. The van der Waals surface area contributed by atoms with Crippen molar-refractivity contribution in [1.29, 1.82) is 0 Å². The smallest absolute Gasteiger partial charge is 0.148 e. The molecule has 1 unspecified atom stereocenters. The number of hydrogen-bond acceptors (Lipinski definition) is 4. The highest BCUT2D eigenvalue weighted by Gasteiger charge is 2.13. The second kappa shape index (κ2) is 6.33. The molecule has 1 fully saturated rings. The number of anilines is 1. The van der Waals surface area contributed by atoms with Gasteiger partial charge in [-0.15, -0.1) is 10.2 Å². The van der Waals surface area contributed by atoms with Crippen LogP contribution in [-0.4, -0.2) is 29.3 Å². The molecule has 20 heavy (non-hydrogen) atoms. The third kappa shape index (κ3) is 3.16. The Balaban J connectivity index is 1.73. The van der Waals surface area contributed by atoms with Gasteiger partial charge in [0.2, 0.25) is 0 Å². The lowest BCUT2D eigenvalue weighted by Crippen LogP contribution is -2.38. The summed E-state index contributed by atoms with van der Waals surface area (Å²) in [5.41, 5.74) is 1.94. The number of nitrogens with zero attached hydrogens (tertiary/aromatic N) is 2. The molecule has 2 N–H and O–H groups in total. The second-order valence-corrected chi connectivity index (χ2v) is 5.83. The number of aromatic nitrogens is 2. The maximum atomic E-state index is 4.31. The van der Waals surface area contributed by atoms with Crippen molar-refractivity contribution in [3.05, 3.63) is 40.9 Å². The standard InChI is InChI=1S/C15H17BrN4/c16-13-6-2-1-5-12(13)14-7-8-15(20-19-14)18-11-4-3-9-17-10-11/h1-2,5-8,11,17H,3-4,9-10H2,(H,18,20). The van der Waals surface area contributed by atoms with Gasteiger partial charge in [-0.25, -0.2) is 0 Å². The molecule has 1 aliphatic heterocycles. The summed E-state index contributed by atoms with van der Waals surface area (Å²) in [5, 5.41) is 15.4. The van der Waals surface area contributed by atoms with Crippen LogP contribution in [-0.2, 0) is 0 Å². The van der Waals surface area contributed by atoms with Gasteiger partial charge in [0.05, 0.1) is 5.69 Å². The van der Waals surface area contributed by atoms with Gasteiger partial charge < -0.3 is 10.6 Å². The zero-order chi connectivity index (χ0) is 13.8. The predicted molar refractivity (Wildman–Crippen MR) is 84.7 cm³/mol.